The van der Waals surface area contributed by atoms with Gasteiger partial charge in [-0.05, 0) is 18.6 Å². The van der Waals surface area contributed by atoms with Crippen molar-refractivity contribution in [3.8, 4) is 0 Å². The Balaban J connectivity index is 1.97. The van der Waals surface area contributed by atoms with Gasteiger partial charge in [0, 0.05) is 29.4 Å². The molecular weight excluding hydrogens is 243 g/mol. The number of hydrogen-bond donors (Lipinski definition) is 1. The van der Waals surface area contributed by atoms with Gasteiger partial charge >= 0.3 is 0 Å². The zero-order valence-corrected chi connectivity index (χ0v) is 10.2. The van der Waals surface area contributed by atoms with E-state index in [0.717, 1.165) is 6.42 Å². The highest BCUT2D eigenvalue weighted by Crippen LogP contribution is 2.06. The Bertz CT molecular complexity index is 542. The Morgan fingerprint density at radius 1 is 1.53 bits per heavy atom. The summed E-state index contributed by atoms with van der Waals surface area (Å²) in [4.78, 5) is 4.17. The van der Waals surface area contributed by atoms with Crippen LogP contribution in [0.1, 0.15) is 6.42 Å². The number of rotatable bonds is 5. The van der Waals surface area contributed by atoms with Crippen molar-refractivity contribution in [2.45, 2.75) is 6.42 Å². The van der Waals surface area contributed by atoms with Gasteiger partial charge in [0.2, 0.25) is 5.95 Å². The average molecular weight is 256 g/mol. The molecule has 0 amide bonds. The zero-order valence-electron chi connectivity index (χ0n) is 9.39. The topological polar surface area (TPSA) is 59.3 Å². The molecule has 2 rings (SSSR count). The smallest absolute Gasteiger partial charge is 0.243 e. The van der Waals surface area contributed by atoms with Crippen LogP contribution in [0.25, 0.3) is 5.65 Å². The van der Waals surface area contributed by atoms with Crippen LogP contribution in [0, 0.1) is 5.82 Å². The first-order valence-corrected chi connectivity index (χ1v) is 6.94. The van der Waals surface area contributed by atoms with Crippen LogP contribution in [0.2, 0.25) is 0 Å². The fourth-order valence-corrected chi connectivity index (χ4v) is 1.96. The number of nitrogens with zero attached hydrogens (tertiary/aromatic N) is 3. The first kappa shape index (κ1) is 12.0. The molecule has 0 aliphatic rings. The molecule has 2 aromatic rings. The third kappa shape index (κ3) is 3.23. The van der Waals surface area contributed by atoms with E-state index in [0.29, 0.717) is 23.9 Å². The molecule has 5 nitrogen and oxygen atoms in total. The summed E-state index contributed by atoms with van der Waals surface area (Å²) in [5.74, 6) is 0.752. The fraction of sp³-hybridized carbons (Fsp3) is 0.400. The lowest BCUT2D eigenvalue weighted by atomic mass is 10.5. The molecule has 2 aromatic heterocycles. The number of aromatic nitrogens is 3. The van der Waals surface area contributed by atoms with Gasteiger partial charge < -0.3 is 5.32 Å². The van der Waals surface area contributed by atoms with Gasteiger partial charge in [0.25, 0.3) is 0 Å². The molecule has 0 saturated carbocycles. The number of pyridine rings is 1. The molecule has 0 bridgehead atoms. The van der Waals surface area contributed by atoms with Crippen molar-refractivity contribution in [2.75, 3.05) is 23.9 Å². The first-order chi connectivity index (χ1) is 8.15. The average Bonchev–Trinajstić information content (AvgIpc) is 2.66. The van der Waals surface area contributed by atoms with Crippen LogP contribution in [0.15, 0.2) is 18.3 Å². The van der Waals surface area contributed by atoms with Crippen molar-refractivity contribution >= 4 is 22.4 Å². The highest BCUT2D eigenvalue weighted by molar-refractivity contribution is 7.84. The van der Waals surface area contributed by atoms with Gasteiger partial charge in [-0.3, -0.25) is 4.21 Å². The van der Waals surface area contributed by atoms with E-state index < -0.39 is 10.8 Å². The number of nitrogens with one attached hydrogen (secondary N) is 1. The number of fused-ring (bicyclic) bond motifs is 1. The third-order valence-corrected chi connectivity index (χ3v) is 3.05. The van der Waals surface area contributed by atoms with Crippen LogP contribution in [0.5, 0.6) is 0 Å². The fourth-order valence-electron chi connectivity index (χ4n) is 1.41. The molecule has 2 heterocycles. The molecule has 0 spiro atoms. The minimum atomic E-state index is -0.777. The van der Waals surface area contributed by atoms with Gasteiger partial charge in [-0.15, -0.1) is 5.10 Å². The van der Waals surface area contributed by atoms with Crippen molar-refractivity contribution in [3.63, 3.8) is 0 Å². The standard InChI is InChI=1S/C10H13FN4OS/c1-17(16)6-2-5-12-10-13-9-4-3-8(11)7-15(9)14-10/h3-4,7H,2,5-6H2,1H3,(H,12,14). The summed E-state index contributed by atoms with van der Waals surface area (Å²) in [6.07, 6.45) is 3.73. The molecular formula is C10H13FN4OS. The summed E-state index contributed by atoms with van der Waals surface area (Å²) in [6.45, 7) is 0.652. The second-order valence-corrected chi connectivity index (χ2v) is 5.20. The summed E-state index contributed by atoms with van der Waals surface area (Å²) in [6, 6.07) is 2.91. The Labute approximate surface area is 101 Å². The lowest BCUT2D eigenvalue weighted by Crippen LogP contribution is -2.07. The highest BCUT2D eigenvalue weighted by atomic mass is 32.2. The summed E-state index contributed by atoms with van der Waals surface area (Å²) in [5, 5.41) is 7.08. The maximum atomic E-state index is 12.9. The summed E-state index contributed by atoms with van der Waals surface area (Å²) < 4.78 is 25.1. The van der Waals surface area contributed by atoms with Crippen molar-refractivity contribution in [2.24, 2.45) is 0 Å². The number of halogens is 1. The first-order valence-electron chi connectivity index (χ1n) is 5.21. The summed E-state index contributed by atoms with van der Waals surface area (Å²) in [5.41, 5.74) is 0.591. The van der Waals surface area contributed by atoms with Crippen molar-refractivity contribution in [1.82, 2.24) is 14.6 Å². The molecule has 0 aromatic carbocycles. The van der Waals surface area contributed by atoms with E-state index in [-0.39, 0.29) is 5.82 Å². The Morgan fingerprint density at radius 2 is 2.35 bits per heavy atom. The maximum Gasteiger partial charge on any atom is 0.243 e. The molecule has 7 heteroatoms. The number of hydrogen-bond acceptors (Lipinski definition) is 4. The molecule has 0 radical (unpaired) electrons. The van der Waals surface area contributed by atoms with Gasteiger partial charge in [-0.25, -0.2) is 8.91 Å². The highest BCUT2D eigenvalue weighted by Gasteiger charge is 2.03. The van der Waals surface area contributed by atoms with Crippen LogP contribution in [-0.2, 0) is 10.8 Å². The molecule has 0 aliphatic carbocycles. The van der Waals surface area contributed by atoms with E-state index in [9.17, 15) is 8.60 Å². The van der Waals surface area contributed by atoms with E-state index in [4.69, 9.17) is 0 Å². The zero-order chi connectivity index (χ0) is 12.3. The summed E-state index contributed by atoms with van der Waals surface area (Å²) >= 11 is 0. The lowest BCUT2D eigenvalue weighted by molar-refractivity contribution is 0.615. The molecule has 0 saturated heterocycles. The predicted molar refractivity (Wildman–Crippen MR) is 65.0 cm³/mol. The monoisotopic (exact) mass is 256 g/mol. The van der Waals surface area contributed by atoms with Gasteiger partial charge in [-0.2, -0.15) is 4.98 Å². The normalized spacial score (nSPS) is 12.8. The minimum Gasteiger partial charge on any atom is -0.353 e. The molecule has 1 atom stereocenters. The minimum absolute atomic E-state index is 0.352. The lowest BCUT2D eigenvalue weighted by Gasteiger charge is -1.99. The van der Waals surface area contributed by atoms with E-state index in [1.54, 1.807) is 12.3 Å². The molecule has 1 N–H and O–H groups in total. The van der Waals surface area contributed by atoms with Crippen molar-refractivity contribution in [3.05, 3.63) is 24.1 Å². The second-order valence-electron chi connectivity index (χ2n) is 3.64. The van der Waals surface area contributed by atoms with Gasteiger partial charge in [0.15, 0.2) is 5.65 Å². The second kappa shape index (κ2) is 5.22. The van der Waals surface area contributed by atoms with Crippen LogP contribution in [0.3, 0.4) is 0 Å². The van der Waals surface area contributed by atoms with Crippen molar-refractivity contribution < 1.29 is 8.60 Å². The van der Waals surface area contributed by atoms with E-state index in [2.05, 4.69) is 15.4 Å². The largest absolute Gasteiger partial charge is 0.353 e. The number of anilines is 1. The van der Waals surface area contributed by atoms with E-state index >= 15 is 0 Å². The maximum absolute atomic E-state index is 12.9. The SMILES string of the molecule is CS(=O)CCCNc1nc2ccc(F)cn2n1. The molecule has 92 valence electrons. The Kier molecular flexibility index (Phi) is 3.68. The molecule has 17 heavy (non-hydrogen) atoms. The van der Waals surface area contributed by atoms with Crippen LogP contribution < -0.4 is 5.32 Å². The summed E-state index contributed by atoms with van der Waals surface area (Å²) in [7, 11) is -0.777. The molecule has 0 aliphatic heterocycles. The predicted octanol–water partition coefficient (Wildman–Crippen LogP) is 1.05. The van der Waals surface area contributed by atoms with E-state index in [1.165, 1.54) is 16.8 Å². The van der Waals surface area contributed by atoms with Crippen LogP contribution >= 0.6 is 0 Å². The van der Waals surface area contributed by atoms with Gasteiger partial charge in [0.1, 0.15) is 5.82 Å². The van der Waals surface area contributed by atoms with Gasteiger partial charge in [0.05, 0.1) is 6.20 Å². The van der Waals surface area contributed by atoms with E-state index in [1.807, 2.05) is 0 Å². The Morgan fingerprint density at radius 3 is 3.12 bits per heavy atom. The Hall–Kier alpha value is -1.50. The quantitative estimate of drug-likeness (QED) is 0.812. The van der Waals surface area contributed by atoms with Crippen molar-refractivity contribution in [1.29, 1.82) is 0 Å². The molecule has 0 fully saturated rings. The third-order valence-electron chi connectivity index (χ3n) is 2.19. The van der Waals surface area contributed by atoms with Gasteiger partial charge in [-0.1, -0.05) is 0 Å². The molecule has 1 unspecified atom stereocenters. The van der Waals surface area contributed by atoms with Crippen LogP contribution in [0.4, 0.5) is 10.3 Å². The van der Waals surface area contributed by atoms with Crippen LogP contribution in [-0.4, -0.2) is 37.4 Å².